The predicted octanol–water partition coefficient (Wildman–Crippen LogP) is 3.48. The van der Waals surface area contributed by atoms with Crippen molar-refractivity contribution < 1.29 is 13.9 Å². The zero-order chi connectivity index (χ0) is 14.1. The summed E-state index contributed by atoms with van der Waals surface area (Å²) in [7, 11) is 0. The van der Waals surface area contributed by atoms with Crippen LogP contribution in [0.15, 0.2) is 36.4 Å². The number of anilines is 1. The molecule has 1 atom stereocenters. The molecule has 0 saturated carbocycles. The van der Waals surface area contributed by atoms with E-state index in [1.165, 1.54) is 12.1 Å². The first-order valence-electron chi connectivity index (χ1n) is 6.58. The molecule has 20 heavy (non-hydrogen) atoms. The van der Waals surface area contributed by atoms with Crippen LogP contribution in [0.1, 0.15) is 6.92 Å². The minimum atomic E-state index is -0.339. The van der Waals surface area contributed by atoms with Gasteiger partial charge in [-0.1, -0.05) is 13.0 Å². The summed E-state index contributed by atoms with van der Waals surface area (Å²) >= 11 is 0. The van der Waals surface area contributed by atoms with Crippen LogP contribution in [0.5, 0.6) is 11.5 Å². The van der Waals surface area contributed by atoms with E-state index in [-0.39, 0.29) is 5.82 Å². The summed E-state index contributed by atoms with van der Waals surface area (Å²) in [4.78, 5) is 0. The lowest BCUT2D eigenvalue weighted by Crippen LogP contribution is -2.12. The van der Waals surface area contributed by atoms with E-state index in [1.54, 1.807) is 6.07 Å². The molecule has 2 aromatic rings. The first-order valence-corrected chi connectivity index (χ1v) is 6.58. The highest BCUT2D eigenvalue weighted by Crippen LogP contribution is 2.36. The van der Waals surface area contributed by atoms with E-state index in [0.29, 0.717) is 30.6 Å². The van der Waals surface area contributed by atoms with Gasteiger partial charge in [-0.05, 0) is 35.9 Å². The van der Waals surface area contributed by atoms with Crippen molar-refractivity contribution in [1.82, 2.24) is 0 Å². The molecule has 1 aliphatic rings. The van der Waals surface area contributed by atoms with Crippen molar-refractivity contribution in [2.75, 3.05) is 18.9 Å². The van der Waals surface area contributed by atoms with Crippen LogP contribution in [-0.4, -0.2) is 13.2 Å². The first-order chi connectivity index (χ1) is 9.63. The second-order valence-corrected chi connectivity index (χ2v) is 5.12. The molecule has 0 aromatic heterocycles. The monoisotopic (exact) mass is 273 g/mol. The van der Waals surface area contributed by atoms with Gasteiger partial charge in [0, 0.05) is 17.2 Å². The molecule has 1 unspecified atom stereocenters. The van der Waals surface area contributed by atoms with Gasteiger partial charge in [0.15, 0.2) is 11.5 Å². The van der Waals surface area contributed by atoms with Crippen molar-refractivity contribution >= 4 is 5.69 Å². The zero-order valence-corrected chi connectivity index (χ0v) is 11.2. The Morgan fingerprint density at radius 1 is 1.05 bits per heavy atom. The molecule has 104 valence electrons. The van der Waals surface area contributed by atoms with Gasteiger partial charge in [-0.3, -0.25) is 0 Å². The van der Waals surface area contributed by atoms with E-state index in [2.05, 4.69) is 6.92 Å². The third-order valence-corrected chi connectivity index (χ3v) is 3.32. The van der Waals surface area contributed by atoms with Crippen LogP contribution in [0.3, 0.4) is 0 Å². The molecule has 0 radical (unpaired) electrons. The Hall–Kier alpha value is -2.23. The smallest absolute Gasteiger partial charge is 0.161 e. The lowest BCUT2D eigenvalue weighted by Gasteiger charge is -2.11. The molecule has 4 heteroatoms. The molecule has 2 aromatic carbocycles. The normalized spacial score (nSPS) is 17.6. The molecular formula is C16H16FNO2. The van der Waals surface area contributed by atoms with Crippen molar-refractivity contribution in [3.63, 3.8) is 0 Å². The number of nitrogen functional groups attached to an aromatic ring is 1. The Kier molecular flexibility index (Phi) is 3.22. The highest BCUT2D eigenvalue weighted by Gasteiger charge is 2.16. The van der Waals surface area contributed by atoms with Gasteiger partial charge in [0.2, 0.25) is 0 Å². The molecule has 2 N–H and O–H groups in total. The van der Waals surface area contributed by atoms with Crippen LogP contribution in [-0.2, 0) is 0 Å². The average Bonchev–Trinajstić information content (AvgIpc) is 2.61. The van der Waals surface area contributed by atoms with Crippen molar-refractivity contribution in [3.05, 3.63) is 42.2 Å². The molecular weight excluding hydrogens is 257 g/mol. The van der Waals surface area contributed by atoms with Crippen molar-refractivity contribution in [1.29, 1.82) is 0 Å². The Labute approximate surface area is 117 Å². The van der Waals surface area contributed by atoms with Crippen molar-refractivity contribution in [3.8, 4) is 22.6 Å². The lowest BCUT2D eigenvalue weighted by molar-refractivity contribution is 0.228. The van der Waals surface area contributed by atoms with Gasteiger partial charge in [-0.2, -0.15) is 0 Å². The Balaban J connectivity index is 2.00. The van der Waals surface area contributed by atoms with E-state index in [0.717, 1.165) is 16.9 Å². The van der Waals surface area contributed by atoms with Crippen molar-refractivity contribution in [2.24, 2.45) is 5.92 Å². The predicted molar refractivity (Wildman–Crippen MR) is 76.4 cm³/mol. The van der Waals surface area contributed by atoms with Crippen LogP contribution < -0.4 is 15.2 Å². The quantitative estimate of drug-likeness (QED) is 0.809. The molecule has 1 aliphatic heterocycles. The number of fused-ring (bicyclic) bond motifs is 1. The minimum Gasteiger partial charge on any atom is -0.489 e. The second-order valence-electron chi connectivity index (χ2n) is 5.12. The van der Waals surface area contributed by atoms with Crippen LogP contribution in [0.2, 0.25) is 0 Å². The van der Waals surface area contributed by atoms with Gasteiger partial charge < -0.3 is 15.2 Å². The van der Waals surface area contributed by atoms with Crippen molar-refractivity contribution in [2.45, 2.75) is 6.92 Å². The largest absolute Gasteiger partial charge is 0.489 e. The molecule has 3 nitrogen and oxygen atoms in total. The van der Waals surface area contributed by atoms with Crippen LogP contribution >= 0.6 is 0 Å². The van der Waals surface area contributed by atoms with Crippen LogP contribution in [0.4, 0.5) is 10.1 Å². The highest BCUT2D eigenvalue weighted by atomic mass is 19.1. The molecule has 0 amide bonds. The second kappa shape index (κ2) is 5.04. The van der Waals surface area contributed by atoms with Gasteiger partial charge in [0.25, 0.3) is 0 Å². The molecule has 0 bridgehead atoms. The number of hydrogen-bond acceptors (Lipinski definition) is 3. The van der Waals surface area contributed by atoms with E-state index in [1.807, 2.05) is 18.2 Å². The van der Waals surface area contributed by atoms with Crippen LogP contribution in [0, 0.1) is 11.7 Å². The zero-order valence-electron chi connectivity index (χ0n) is 11.2. The summed E-state index contributed by atoms with van der Waals surface area (Å²) < 4.78 is 24.5. The number of rotatable bonds is 1. The molecule has 0 aliphatic carbocycles. The van der Waals surface area contributed by atoms with E-state index >= 15 is 0 Å². The Morgan fingerprint density at radius 3 is 2.55 bits per heavy atom. The van der Waals surface area contributed by atoms with E-state index in [4.69, 9.17) is 15.2 Å². The fourth-order valence-corrected chi connectivity index (χ4v) is 2.22. The van der Waals surface area contributed by atoms with Gasteiger partial charge in [-0.15, -0.1) is 0 Å². The van der Waals surface area contributed by atoms with E-state index in [9.17, 15) is 4.39 Å². The van der Waals surface area contributed by atoms with Gasteiger partial charge in [-0.25, -0.2) is 4.39 Å². The summed E-state index contributed by atoms with van der Waals surface area (Å²) in [5.41, 5.74) is 7.96. The molecule has 3 rings (SSSR count). The number of halogens is 1. The number of ether oxygens (including phenoxy) is 2. The molecule has 0 fully saturated rings. The maximum Gasteiger partial charge on any atom is 0.161 e. The molecule has 0 saturated heterocycles. The molecule has 1 heterocycles. The summed E-state index contributed by atoms with van der Waals surface area (Å²) in [6.07, 6.45) is 0. The minimum absolute atomic E-state index is 0.339. The number of nitrogens with two attached hydrogens (primary N) is 1. The summed E-state index contributed by atoms with van der Waals surface area (Å²) in [6, 6.07) is 10.0. The SMILES string of the molecule is CC1COc2ccc(-c3ccc(F)cc3N)cc2OC1. The topological polar surface area (TPSA) is 44.5 Å². The average molecular weight is 273 g/mol. The molecule has 0 spiro atoms. The summed E-state index contributed by atoms with van der Waals surface area (Å²) in [6.45, 7) is 3.34. The lowest BCUT2D eigenvalue weighted by atomic mass is 10.0. The third kappa shape index (κ3) is 2.41. The third-order valence-electron chi connectivity index (χ3n) is 3.32. The fourth-order valence-electron chi connectivity index (χ4n) is 2.22. The number of hydrogen-bond donors (Lipinski definition) is 1. The van der Waals surface area contributed by atoms with Gasteiger partial charge in [0.05, 0.1) is 13.2 Å². The first kappa shape index (κ1) is 12.8. The standard InChI is InChI=1S/C16H16FNO2/c1-10-8-19-15-5-2-11(6-16(15)20-9-10)13-4-3-12(17)7-14(13)18/h2-7,10H,8-9,18H2,1H3. The van der Waals surface area contributed by atoms with Crippen LogP contribution in [0.25, 0.3) is 11.1 Å². The van der Waals surface area contributed by atoms with Gasteiger partial charge in [0.1, 0.15) is 5.82 Å². The Bertz CT molecular complexity index is 642. The Morgan fingerprint density at radius 2 is 1.80 bits per heavy atom. The fraction of sp³-hybridized carbons (Fsp3) is 0.250. The summed E-state index contributed by atoms with van der Waals surface area (Å²) in [5.74, 6) is 1.45. The highest BCUT2D eigenvalue weighted by molar-refractivity contribution is 5.77. The number of benzene rings is 2. The van der Waals surface area contributed by atoms with Gasteiger partial charge >= 0.3 is 0 Å². The summed E-state index contributed by atoms with van der Waals surface area (Å²) in [5, 5.41) is 0. The maximum atomic E-state index is 13.1. The maximum absolute atomic E-state index is 13.1. The van der Waals surface area contributed by atoms with E-state index < -0.39 is 0 Å².